The molecule has 0 aromatic carbocycles. The van der Waals surface area contributed by atoms with Gasteiger partial charge in [0.05, 0.1) is 19.3 Å². The molecular weight excluding hydrogens is 182 g/mol. The van der Waals surface area contributed by atoms with Gasteiger partial charge in [-0.1, -0.05) is 0 Å². The molecule has 0 unspecified atom stereocenters. The summed E-state index contributed by atoms with van der Waals surface area (Å²) in [5.74, 6) is 0. The maximum absolute atomic E-state index is 5.59. The topological polar surface area (TPSA) is 39.7 Å². The molecule has 0 spiro atoms. The zero-order valence-electron chi connectivity index (χ0n) is 8.96. The van der Waals surface area contributed by atoms with Gasteiger partial charge in [-0.3, -0.25) is 0 Å². The summed E-state index contributed by atoms with van der Waals surface area (Å²) in [6.07, 6.45) is 2.49. The van der Waals surface area contributed by atoms with Crippen LogP contribution in [0.25, 0.3) is 0 Å². The van der Waals surface area contributed by atoms with Crippen molar-refractivity contribution >= 4 is 0 Å². The van der Waals surface area contributed by atoms with Gasteiger partial charge in [0.15, 0.2) is 0 Å². The van der Waals surface area contributed by atoms with Gasteiger partial charge in [-0.05, 0) is 19.4 Å². The van der Waals surface area contributed by atoms with Crippen LogP contribution in [0.5, 0.6) is 0 Å². The van der Waals surface area contributed by atoms with Crippen LogP contribution < -0.4 is 5.32 Å². The molecule has 0 aromatic heterocycles. The Labute approximate surface area is 85.9 Å². The van der Waals surface area contributed by atoms with E-state index in [0.717, 1.165) is 39.1 Å². The van der Waals surface area contributed by atoms with Crippen LogP contribution in [0.4, 0.5) is 0 Å². The molecule has 84 valence electrons. The Morgan fingerprint density at radius 1 is 1.21 bits per heavy atom. The molecule has 0 aliphatic carbocycles. The molecule has 1 aliphatic heterocycles. The van der Waals surface area contributed by atoms with E-state index in [1.54, 1.807) is 7.11 Å². The lowest BCUT2D eigenvalue weighted by atomic mass is 10.3. The molecule has 1 atom stereocenters. The highest BCUT2D eigenvalue weighted by Gasteiger charge is 2.13. The van der Waals surface area contributed by atoms with E-state index >= 15 is 0 Å². The Bertz CT molecular complexity index is 127. The minimum Gasteiger partial charge on any atom is -0.385 e. The summed E-state index contributed by atoms with van der Waals surface area (Å²) in [6.45, 7) is 5.01. The average molecular weight is 203 g/mol. The minimum atomic E-state index is 0.401. The summed E-state index contributed by atoms with van der Waals surface area (Å²) in [6, 6.07) is 0. The van der Waals surface area contributed by atoms with Crippen molar-refractivity contribution in [3.05, 3.63) is 0 Å². The van der Waals surface area contributed by atoms with E-state index in [2.05, 4.69) is 5.32 Å². The van der Waals surface area contributed by atoms with Crippen molar-refractivity contribution in [2.75, 3.05) is 46.6 Å². The first-order valence-corrected chi connectivity index (χ1v) is 5.32. The molecule has 4 nitrogen and oxygen atoms in total. The van der Waals surface area contributed by atoms with E-state index in [4.69, 9.17) is 14.2 Å². The van der Waals surface area contributed by atoms with Gasteiger partial charge in [0.2, 0.25) is 0 Å². The predicted molar refractivity (Wildman–Crippen MR) is 54.5 cm³/mol. The molecule has 0 radical (unpaired) electrons. The van der Waals surface area contributed by atoms with Crippen molar-refractivity contribution in [3.63, 3.8) is 0 Å². The van der Waals surface area contributed by atoms with Crippen LogP contribution in [0.15, 0.2) is 0 Å². The Hall–Kier alpha value is -0.160. The van der Waals surface area contributed by atoms with Crippen molar-refractivity contribution < 1.29 is 14.2 Å². The van der Waals surface area contributed by atoms with Crippen LogP contribution in [0.3, 0.4) is 0 Å². The molecule has 1 saturated heterocycles. The highest BCUT2D eigenvalue weighted by Crippen LogP contribution is 2.02. The molecule has 14 heavy (non-hydrogen) atoms. The van der Waals surface area contributed by atoms with Crippen molar-refractivity contribution in [1.82, 2.24) is 5.32 Å². The third-order valence-corrected chi connectivity index (χ3v) is 2.23. The fourth-order valence-corrected chi connectivity index (χ4v) is 1.45. The molecule has 0 amide bonds. The Morgan fingerprint density at radius 2 is 2.14 bits per heavy atom. The van der Waals surface area contributed by atoms with Crippen LogP contribution >= 0.6 is 0 Å². The van der Waals surface area contributed by atoms with E-state index in [9.17, 15) is 0 Å². The van der Waals surface area contributed by atoms with Crippen LogP contribution in [0, 0.1) is 0 Å². The van der Waals surface area contributed by atoms with Crippen LogP contribution in [-0.2, 0) is 14.2 Å². The molecular formula is C10H21NO3. The van der Waals surface area contributed by atoms with Gasteiger partial charge in [-0.15, -0.1) is 0 Å². The number of nitrogens with one attached hydrogen (secondary N) is 1. The normalized spacial score (nSPS) is 21.6. The monoisotopic (exact) mass is 203 g/mol. The second-order valence-electron chi connectivity index (χ2n) is 3.44. The summed E-state index contributed by atoms with van der Waals surface area (Å²) in [4.78, 5) is 0. The predicted octanol–water partition coefficient (Wildman–Crippen LogP) is 0.418. The van der Waals surface area contributed by atoms with E-state index in [-0.39, 0.29) is 0 Å². The van der Waals surface area contributed by atoms with Gasteiger partial charge in [0, 0.05) is 26.9 Å². The maximum Gasteiger partial charge on any atom is 0.0712 e. The molecule has 1 fully saturated rings. The number of rotatable bonds is 8. The molecule has 0 bridgehead atoms. The number of ether oxygens (including phenoxy) is 3. The van der Waals surface area contributed by atoms with E-state index in [0.29, 0.717) is 19.3 Å². The molecule has 1 rings (SSSR count). The van der Waals surface area contributed by atoms with Crippen molar-refractivity contribution in [2.45, 2.75) is 18.9 Å². The van der Waals surface area contributed by atoms with Crippen LogP contribution in [0.1, 0.15) is 12.8 Å². The summed E-state index contributed by atoms with van der Waals surface area (Å²) in [7, 11) is 1.70. The number of hydrogen-bond donors (Lipinski definition) is 1. The molecule has 1 aliphatic rings. The first-order chi connectivity index (χ1) is 6.93. The van der Waals surface area contributed by atoms with Gasteiger partial charge in [-0.25, -0.2) is 0 Å². The first-order valence-electron chi connectivity index (χ1n) is 5.32. The van der Waals surface area contributed by atoms with Crippen molar-refractivity contribution in [2.24, 2.45) is 0 Å². The zero-order valence-corrected chi connectivity index (χ0v) is 8.96. The maximum atomic E-state index is 5.59. The third-order valence-electron chi connectivity index (χ3n) is 2.23. The highest BCUT2D eigenvalue weighted by atomic mass is 16.5. The standard InChI is InChI=1S/C10H21NO3/c1-12-5-2-6-13-7-8-14-10-3-4-11-9-10/h10-11H,2-9H2,1H3/t10-/m0/s1. The quantitative estimate of drug-likeness (QED) is 0.580. The molecule has 4 heteroatoms. The second kappa shape index (κ2) is 8.17. The summed E-state index contributed by atoms with van der Waals surface area (Å²) in [5.41, 5.74) is 0. The summed E-state index contributed by atoms with van der Waals surface area (Å²) in [5, 5.41) is 3.26. The van der Waals surface area contributed by atoms with Gasteiger partial charge >= 0.3 is 0 Å². The van der Waals surface area contributed by atoms with Gasteiger partial charge in [-0.2, -0.15) is 0 Å². The number of methoxy groups -OCH3 is 1. The van der Waals surface area contributed by atoms with Gasteiger partial charge in [0.25, 0.3) is 0 Å². The molecule has 1 N–H and O–H groups in total. The fraction of sp³-hybridized carbons (Fsp3) is 1.00. The van der Waals surface area contributed by atoms with Crippen molar-refractivity contribution in [3.8, 4) is 0 Å². The Balaban J connectivity index is 1.75. The minimum absolute atomic E-state index is 0.401. The third kappa shape index (κ3) is 5.54. The highest BCUT2D eigenvalue weighted by molar-refractivity contribution is 4.70. The lowest BCUT2D eigenvalue weighted by Crippen LogP contribution is -2.19. The number of hydrogen-bond acceptors (Lipinski definition) is 4. The smallest absolute Gasteiger partial charge is 0.0712 e. The zero-order chi connectivity index (χ0) is 10.1. The fourth-order valence-electron chi connectivity index (χ4n) is 1.45. The molecule has 1 heterocycles. The molecule has 0 aromatic rings. The Morgan fingerprint density at radius 3 is 2.86 bits per heavy atom. The first kappa shape index (κ1) is 11.9. The van der Waals surface area contributed by atoms with E-state index in [1.165, 1.54) is 0 Å². The van der Waals surface area contributed by atoms with E-state index < -0.39 is 0 Å². The average Bonchev–Trinajstić information content (AvgIpc) is 2.69. The lowest BCUT2D eigenvalue weighted by molar-refractivity contribution is 0.00911. The van der Waals surface area contributed by atoms with E-state index in [1.807, 2.05) is 0 Å². The molecule has 0 saturated carbocycles. The Kier molecular flexibility index (Phi) is 6.95. The lowest BCUT2D eigenvalue weighted by Gasteiger charge is -2.10. The van der Waals surface area contributed by atoms with Crippen LogP contribution in [-0.4, -0.2) is 52.7 Å². The largest absolute Gasteiger partial charge is 0.385 e. The van der Waals surface area contributed by atoms with Crippen LogP contribution in [0.2, 0.25) is 0 Å². The summed E-state index contributed by atoms with van der Waals surface area (Å²) < 4.78 is 15.9. The summed E-state index contributed by atoms with van der Waals surface area (Å²) >= 11 is 0. The van der Waals surface area contributed by atoms with Crippen molar-refractivity contribution in [1.29, 1.82) is 0 Å². The van der Waals surface area contributed by atoms with Gasteiger partial charge < -0.3 is 19.5 Å². The second-order valence-corrected chi connectivity index (χ2v) is 3.44. The van der Waals surface area contributed by atoms with Gasteiger partial charge in [0.1, 0.15) is 0 Å². The SMILES string of the molecule is COCCCOCCO[C@H]1CCNC1.